The van der Waals surface area contributed by atoms with Gasteiger partial charge in [-0.1, -0.05) is 19.4 Å². The van der Waals surface area contributed by atoms with Crippen LogP contribution in [0.15, 0.2) is 12.2 Å². The highest BCUT2D eigenvalue weighted by Gasteiger charge is 2.69. The first kappa shape index (κ1) is 28.2. The number of hydrogen-bond donors (Lipinski definition) is 1. The topological polar surface area (TPSA) is 72.8 Å². The third kappa shape index (κ3) is 5.13. The molecule has 37 heavy (non-hydrogen) atoms. The molecular formula is C26H34F6O5. The molecule has 4 bridgehead atoms. The Morgan fingerprint density at radius 2 is 1.46 bits per heavy atom. The van der Waals surface area contributed by atoms with E-state index in [9.17, 15) is 41.0 Å². The van der Waals surface area contributed by atoms with Gasteiger partial charge in [-0.2, -0.15) is 26.3 Å². The van der Waals surface area contributed by atoms with Crippen molar-refractivity contribution in [2.24, 2.45) is 41.4 Å². The van der Waals surface area contributed by atoms with E-state index in [1.54, 1.807) is 6.92 Å². The van der Waals surface area contributed by atoms with Gasteiger partial charge in [0, 0.05) is 5.57 Å². The van der Waals surface area contributed by atoms with Gasteiger partial charge in [-0.3, -0.25) is 4.79 Å². The molecule has 8 unspecified atom stereocenters. The molecule has 1 N–H and O–H groups in total. The van der Waals surface area contributed by atoms with Crippen LogP contribution in [0.5, 0.6) is 0 Å². The average Bonchev–Trinajstić information content (AvgIpc) is 3.55. The minimum atomic E-state index is -5.80. The molecule has 0 aromatic heterocycles. The van der Waals surface area contributed by atoms with Crippen LogP contribution in [-0.4, -0.2) is 47.7 Å². The number of ether oxygens (including phenoxy) is 2. The lowest BCUT2D eigenvalue weighted by Gasteiger charge is -2.40. The van der Waals surface area contributed by atoms with E-state index in [4.69, 9.17) is 9.47 Å². The van der Waals surface area contributed by atoms with Crippen LogP contribution in [0.4, 0.5) is 26.3 Å². The van der Waals surface area contributed by atoms with Crippen molar-refractivity contribution in [3.05, 3.63) is 12.2 Å². The molecule has 0 aromatic carbocycles. The minimum absolute atomic E-state index is 0.0390. The molecule has 4 saturated carbocycles. The third-order valence-corrected chi connectivity index (χ3v) is 9.28. The number of esters is 2. The highest BCUT2D eigenvalue weighted by atomic mass is 19.4. The minimum Gasteiger partial charge on any atom is -0.465 e. The van der Waals surface area contributed by atoms with Gasteiger partial charge < -0.3 is 14.6 Å². The molecule has 0 aliphatic heterocycles. The molecule has 0 heterocycles. The summed E-state index contributed by atoms with van der Waals surface area (Å²) in [4.78, 5) is 24.9. The number of rotatable bonds is 10. The Hall–Kier alpha value is -1.78. The van der Waals surface area contributed by atoms with Gasteiger partial charge in [-0.25, -0.2) is 4.79 Å². The Balaban J connectivity index is 1.19. The fourth-order valence-corrected chi connectivity index (χ4v) is 7.75. The van der Waals surface area contributed by atoms with Gasteiger partial charge in [0.05, 0.1) is 12.5 Å². The molecule has 4 aliphatic rings. The van der Waals surface area contributed by atoms with Crippen LogP contribution in [0.1, 0.15) is 64.7 Å². The van der Waals surface area contributed by atoms with E-state index in [1.165, 1.54) is 0 Å². The molecule has 4 aliphatic carbocycles. The summed E-state index contributed by atoms with van der Waals surface area (Å²) in [5.74, 6) is 1.39. The molecule has 0 radical (unpaired) electrons. The van der Waals surface area contributed by atoms with Crippen molar-refractivity contribution < 1.29 is 50.5 Å². The van der Waals surface area contributed by atoms with E-state index >= 15 is 0 Å². The second-order valence-corrected chi connectivity index (χ2v) is 11.5. The van der Waals surface area contributed by atoms with Crippen molar-refractivity contribution >= 4 is 11.9 Å². The molecule has 11 heteroatoms. The summed E-state index contributed by atoms with van der Waals surface area (Å²) < 4.78 is 87.4. The number of hydrogen-bond acceptors (Lipinski definition) is 5. The summed E-state index contributed by atoms with van der Waals surface area (Å²) in [6, 6.07) is 0. The van der Waals surface area contributed by atoms with Gasteiger partial charge in [0.2, 0.25) is 0 Å². The number of carbonyl (C=O) groups is 2. The number of halogens is 6. The Morgan fingerprint density at radius 3 is 2.08 bits per heavy atom. The Labute approximate surface area is 211 Å². The standard InChI is InChI=1S/C26H34F6O5/c1-13(2)22(33)37-19-12-15-11-18(19)21-16-9-14(20(15)21)10-17(16)23(34)36-8-6-4-3-5-7-24(35,25(27,28)29)26(30,31)32/h14-21,35H,1,3-12H2,2H3. The van der Waals surface area contributed by atoms with Crippen LogP contribution in [0.3, 0.4) is 0 Å². The van der Waals surface area contributed by atoms with E-state index in [-0.39, 0.29) is 55.2 Å². The maximum atomic E-state index is 12.8. The van der Waals surface area contributed by atoms with Crippen molar-refractivity contribution in [3.63, 3.8) is 0 Å². The average molecular weight is 541 g/mol. The van der Waals surface area contributed by atoms with E-state index in [0.29, 0.717) is 35.7 Å². The maximum absolute atomic E-state index is 12.8. The summed E-state index contributed by atoms with van der Waals surface area (Å²) in [6.45, 7) is 5.31. The summed E-state index contributed by atoms with van der Waals surface area (Å²) in [6.07, 6.45) is -9.41. The number of aliphatic hydroxyl groups is 1. The van der Waals surface area contributed by atoms with Crippen molar-refractivity contribution in [2.45, 2.75) is 88.8 Å². The lowest BCUT2D eigenvalue weighted by atomic mass is 9.67. The normalized spacial score (nSPS) is 34.5. The van der Waals surface area contributed by atoms with Crippen LogP contribution in [-0.2, 0) is 19.1 Å². The van der Waals surface area contributed by atoms with Crippen LogP contribution in [0, 0.1) is 41.4 Å². The quantitative estimate of drug-likeness (QED) is 0.126. The van der Waals surface area contributed by atoms with Gasteiger partial charge in [-0.05, 0) is 87.4 Å². The molecule has 5 nitrogen and oxygen atoms in total. The van der Waals surface area contributed by atoms with Crippen molar-refractivity contribution in [1.29, 1.82) is 0 Å². The number of carbonyl (C=O) groups excluding carboxylic acids is 2. The second-order valence-electron chi connectivity index (χ2n) is 11.5. The highest BCUT2D eigenvalue weighted by molar-refractivity contribution is 5.87. The molecule has 0 saturated heterocycles. The van der Waals surface area contributed by atoms with Crippen LogP contribution < -0.4 is 0 Å². The van der Waals surface area contributed by atoms with E-state index in [0.717, 1.165) is 25.7 Å². The smallest absolute Gasteiger partial charge is 0.426 e. The molecule has 4 fully saturated rings. The number of alkyl halides is 6. The molecule has 210 valence electrons. The van der Waals surface area contributed by atoms with E-state index in [1.807, 2.05) is 0 Å². The predicted octanol–water partition coefficient (Wildman–Crippen LogP) is 5.75. The van der Waals surface area contributed by atoms with Crippen LogP contribution in [0.25, 0.3) is 0 Å². The molecule has 0 aromatic rings. The zero-order valence-electron chi connectivity index (χ0n) is 20.7. The van der Waals surface area contributed by atoms with Crippen molar-refractivity contribution in [2.75, 3.05) is 6.61 Å². The third-order valence-electron chi connectivity index (χ3n) is 9.28. The summed E-state index contributed by atoms with van der Waals surface area (Å²) in [5, 5.41) is 9.17. The van der Waals surface area contributed by atoms with E-state index < -0.39 is 30.8 Å². The Morgan fingerprint density at radius 1 is 0.865 bits per heavy atom. The fraction of sp³-hybridized carbons (Fsp3) is 0.846. The second kappa shape index (κ2) is 10.1. The van der Waals surface area contributed by atoms with Gasteiger partial charge in [0.25, 0.3) is 5.60 Å². The molecule has 0 amide bonds. The number of fused-ring (bicyclic) bond motifs is 9. The van der Waals surface area contributed by atoms with Crippen molar-refractivity contribution in [1.82, 2.24) is 0 Å². The summed E-state index contributed by atoms with van der Waals surface area (Å²) >= 11 is 0. The first-order valence-electron chi connectivity index (χ1n) is 13.0. The molecular weight excluding hydrogens is 506 g/mol. The first-order chi connectivity index (χ1) is 17.2. The van der Waals surface area contributed by atoms with Crippen LogP contribution in [0.2, 0.25) is 0 Å². The molecule has 0 spiro atoms. The molecule has 8 atom stereocenters. The van der Waals surface area contributed by atoms with Crippen LogP contribution >= 0.6 is 0 Å². The Kier molecular flexibility index (Phi) is 7.69. The molecule has 4 rings (SSSR count). The number of unbranched alkanes of at least 4 members (excludes halogenated alkanes) is 3. The largest absolute Gasteiger partial charge is 0.465 e. The maximum Gasteiger partial charge on any atom is 0.426 e. The van der Waals surface area contributed by atoms with Crippen molar-refractivity contribution in [3.8, 4) is 0 Å². The van der Waals surface area contributed by atoms with Gasteiger partial charge in [-0.15, -0.1) is 0 Å². The SMILES string of the molecule is C=C(C)C(=O)OC1CC2CC1C1C3CC(CC3C(=O)OCCCCCCC(O)(C(F)(F)F)C(F)(F)F)C21. The first-order valence-corrected chi connectivity index (χ1v) is 13.0. The zero-order chi connectivity index (χ0) is 27.3. The van der Waals surface area contributed by atoms with Gasteiger partial charge in [0.15, 0.2) is 0 Å². The zero-order valence-corrected chi connectivity index (χ0v) is 20.7. The van der Waals surface area contributed by atoms with Gasteiger partial charge >= 0.3 is 24.3 Å². The lowest BCUT2D eigenvalue weighted by molar-refractivity contribution is -0.370. The lowest BCUT2D eigenvalue weighted by Crippen LogP contribution is -2.56. The monoisotopic (exact) mass is 540 g/mol. The van der Waals surface area contributed by atoms with E-state index in [2.05, 4.69) is 6.58 Å². The summed E-state index contributed by atoms with van der Waals surface area (Å²) in [5.41, 5.74) is -4.35. The van der Waals surface area contributed by atoms with Gasteiger partial charge in [0.1, 0.15) is 6.10 Å². The highest BCUT2D eigenvalue weighted by Crippen LogP contribution is 2.69. The fourth-order valence-electron chi connectivity index (χ4n) is 7.75. The summed E-state index contributed by atoms with van der Waals surface area (Å²) in [7, 11) is 0. The predicted molar refractivity (Wildman–Crippen MR) is 119 cm³/mol. The Bertz CT molecular complexity index is 885.